The zero-order chi connectivity index (χ0) is 24.4. The van der Waals surface area contributed by atoms with Gasteiger partial charge in [-0.1, -0.05) is 38.1 Å². The molecule has 174 valence electrons. The van der Waals surface area contributed by atoms with E-state index in [0.717, 1.165) is 4.90 Å². The van der Waals surface area contributed by atoms with E-state index in [-0.39, 0.29) is 22.8 Å². The van der Waals surface area contributed by atoms with Crippen LogP contribution >= 0.6 is 0 Å². The summed E-state index contributed by atoms with van der Waals surface area (Å²) < 4.78 is 19.3. The number of amides is 1. The molecule has 0 bridgehead atoms. The molecule has 0 spiro atoms. The Balaban J connectivity index is 1.83. The number of ketones is 1. The highest BCUT2D eigenvalue weighted by Crippen LogP contribution is 2.44. The third-order valence-corrected chi connectivity index (χ3v) is 5.48. The number of halogens is 1. The minimum absolute atomic E-state index is 0.107. The fourth-order valence-corrected chi connectivity index (χ4v) is 3.84. The van der Waals surface area contributed by atoms with Crippen molar-refractivity contribution < 1.29 is 28.9 Å². The average Bonchev–Trinajstić information content (AvgIpc) is 3.09. The Morgan fingerprint density at radius 3 is 2.26 bits per heavy atom. The van der Waals surface area contributed by atoms with Crippen molar-refractivity contribution in [2.75, 3.05) is 11.5 Å². The Labute approximate surface area is 196 Å². The monoisotopic (exact) mass is 461 g/mol. The summed E-state index contributed by atoms with van der Waals surface area (Å²) in [6.07, 6.45) is 0. The van der Waals surface area contributed by atoms with Crippen molar-refractivity contribution in [3.8, 4) is 11.5 Å². The number of hydrogen-bond donors (Lipinski definition) is 2. The minimum Gasteiger partial charge on any atom is -0.507 e. The van der Waals surface area contributed by atoms with Gasteiger partial charge >= 0.3 is 0 Å². The predicted molar refractivity (Wildman–Crippen MR) is 126 cm³/mol. The van der Waals surface area contributed by atoms with E-state index in [9.17, 15) is 24.2 Å². The number of phenolic OH excluding ortho intramolecular Hbond substituents is 1. The number of aromatic hydroxyl groups is 1. The Morgan fingerprint density at radius 1 is 1.00 bits per heavy atom. The van der Waals surface area contributed by atoms with E-state index in [1.165, 1.54) is 36.4 Å². The van der Waals surface area contributed by atoms with Crippen LogP contribution in [0.2, 0.25) is 0 Å². The Bertz CT molecular complexity index is 1250. The normalized spacial score (nSPS) is 17.4. The number of anilines is 1. The zero-order valence-electron chi connectivity index (χ0n) is 18.7. The molecule has 0 radical (unpaired) electrons. The van der Waals surface area contributed by atoms with Gasteiger partial charge in [0.05, 0.1) is 23.9 Å². The molecule has 2 N–H and O–H groups in total. The lowest BCUT2D eigenvalue weighted by Crippen LogP contribution is -2.29. The molecule has 1 aliphatic rings. The summed E-state index contributed by atoms with van der Waals surface area (Å²) in [7, 11) is 0. The number of nitrogens with zero attached hydrogens (tertiary/aromatic N) is 1. The van der Waals surface area contributed by atoms with Crippen molar-refractivity contribution in [3.05, 3.63) is 95.3 Å². The predicted octanol–water partition coefficient (Wildman–Crippen LogP) is 5.19. The third-order valence-electron chi connectivity index (χ3n) is 5.48. The van der Waals surface area contributed by atoms with Gasteiger partial charge in [-0.25, -0.2) is 4.39 Å². The first kappa shape index (κ1) is 23.0. The number of benzene rings is 3. The summed E-state index contributed by atoms with van der Waals surface area (Å²) in [4.78, 5) is 27.3. The number of rotatable bonds is 6. The van der Waals surface area contributed by atoms with Crippen LogP contribution in [-0.2, 0) is 9.59 Å². The van der Waals surface area contributed by atoms with Gasteiger partial charge in [-0.3, -0.25) is 14.5 Å². The van der Waals surface area contributed by atoms with E-state index in [0.29, 0.717) is 29.4 Å². The van der Waals surface area contributed by atoms with Gasteiger partial charge < -0.3 is 14.9 Å². The van der Waals surface area contributed by atoms with Gasteiger partial charge in [0, 0.05) is 5.56 Å². The number of ether oxygens (including phenoxy) is 1. The van der Waals surface area contributed by atoms with Crippen molar-refractivity contribution in [2.45, 2.75) is 19.9 Å². The Hall–Kier alpha value is -4.13. The van der Waals surface area contributed by atoms with Crippen molar-refractivity contribution >= 4 is 23.1 Å². The van der Waals surface area contributed by atoms with Crippen LogP contribution in [0, 0.1) is 11.7 Å². The number of aliphatic hydroxyl groups excluding tert-OH is 1. The maximum absolute atomic E-state index is 13.6. The number of phenols is 1. The van der Waals surface area contributed by atoms with Crippen LogP contribution in [0.25, 0.3) is 5.76 Å². The quantitative estimate of drug-likeness (QED) is 0.300. The summed E-state index contributed by atoms with van der Waals surface area (Å²) in [5.74, 6) is -1.93. The molecule has 0 aromatic heterocycles. The molecule has 1 atom stereocenters. The Kier molecular flexibility index (Phi) is 6.36. The van der Waals surface area contributed by atoms with Crippen LogP contribution in [0.3, 0.4) is 0 Å². The lowest BCUT2D eigenvalue weighted by molar-refractivity contribution is -0.132. The second-order valence-corrected chi connectivity index (χ2v) is 8.44. The van der Waals surface area contributed by atoms with Gasteiger partial charge in [0.2, 0.25) is 0 Å². The largest absolute Gasteiger partial charge is 0.507 e. The first-order valence-corrected chi connectivity index (χ1v) is 10.9. The van der Waals surface area contributed by atoms with Crippen molar-refractivity contribution in [3.63, 3.8) is 0 Å². The summed E-state index contributed by atoms with van der Waals surface area (Å²) >= 11 is 0. The maximum Gasteiger partial charge on any atom is 0.300 e. The maximum atomic E-state index is 13.6. The van der Waals surface area contributed by atoms with Gasteiger partial charge in [-0.05, 0) is 60.0 Å². The minimum atomic E-state index is -1.06. The number of carbonyl (C=O) groups excluding carboxylic acids is 2. The fraction of sp³-hybridized carbons (Fsp3) is 0.185. The second kappa shape index (κ2) is 9.39. The zero-order valence-corrected chi connectivity index (χ0v) is 18.7. The van der Waals surface area contributed by atoms with Crippen LogP contribution in [-0.4, -0.2) is 28.5 Å². The molecular formula is C27H24FNO5. The van der Waals surface area contributed by atoms with Crippen LogP contribution < -0.4 is 9.64 Å². The molecule has 1 unspecified atom stereocenters. The van der Waals surface area contributed by atoms with Crippen molar-refractivity contribution in [1.82, 2.24) is 0 Å². The Morgan fingerprint density at radius 2 is 1.65 bits per heavy atom. The lowest BCUT2D eigenvalue weighted by Gasteiger charge is -2.26. The molecule has 3 aromatic rings. The van der Waals surface area contributed by atoms with Crippen LogP contribution in [0.15, 0.2) is 78.4 Å². The van der Waals surface area contributed by atoms with E-state index >= 15 is 0 Å². The molecule has 3 aromatic carbocycles. The third kappa shape index (κ3) is 4.37. The molecule has 0 aliphatic carbocycles. The van der Waals surface area contributed by atoms with Gasteiger partial charge in [-0.2, -0.15) is 0 Å². The van der Waals surface area contributed by atoms with E-state index in [1.54, 1.807) is 36.4 Å². The lowest BCUT2D eigenvalue weighted by atomic mass is 9.95. The number of aliphatic hydroxyl groups is 1. The highest BCUT2D eigenvalue weighted by Gasteiger charge is 2.47. The summed E-state index contributed by atoms with van der Waals surface area (Å²) in [5.41, 5.74) is 0.674. The van der Waals surface area contributed by atoms with E-state index in [4.69, 9.17) is 4.74 Å². The molecule has 1 fully saturated rings. The highest BCUT2D eigenvalue weighted by molar-refractivity contribution is 6.51. The van der Waals surface area contributed by atoms with E-state index in [1.807, 2.05) is 13.8 Å². The van der Waals surface area contributed by atoms with E-state index < -0.39 is 23.5 Å². The first-order chi connectivity index (χ1) is 16.3. The SMILES string of the molecule is CC(C)COc1ccc(/C(O)=C2\C(=O)C(=O)N(c3ccccc3O)C2c2ccc(F)cc2)cc1. The molecule has 7 heteroatoms. The topological polar surface area (TPSA) is 87.1 Å². The van der Waals surface area contributed by atoms with Gasteiger partial charge in [0.1, 0.15) is 23.1 Å². The standard InChI is InChI=1S/C27H24FNO5/c1-16(2)15-34-20-13-9-18(10-14-20)25(31)23-24(17-7-11-19(28)12-8-17)29(27(33)26(23)32)21-5-3-4-6-22(21)30/h3-14,16,24,30-31H,15H2,1-2H3/b25-23+. The van der Waals surface area contributed by atoms with Gasteiger partial charge in [0.15, 0.2) is 0 Å². The number of para-hydroxylation sites is 2. The summed E-state index contributed by atoms with van der Waals surface area (Å²) in [6.45, 7) is 4.58. The molecular weight excluding hydrogens is 437 g/mol. The molecule has 1 amide bonds. The highest BCUT2D eigenvalue weighted by atomic mass is 19.1. The molecule has 34 heavy (non-hydrogen) atoms. The van der Waals surface area contributed by atoms with E-state index in [2.05, 4.69) is 0 Å². The number of hydrogen-bond acceptors (Lipinski definition) is 5. The average molecular weight is 461 g/mol. The first-order valence-electron chi connectivity index (χ1n) is 10.9. The molecule has 1 heterocycles. The fourth-order valence-electron chi connectivity index (χ4n) is 3.84. The number of carbonyl (C=O) groups is 2. The molecule has 1 saturated heterocycles. The molecule has 1 aliphatic heterocycles. The summed E-state index contributed by atoms with van der Waals surface area (Å²) in [6, 6.07) is 16.9. The van der Waals surface area contributed by atoms with Crippen LogP contribution in [0.4, 0.5) is 10.1 Å². The molecule has 0 saturated carbocycles. The number of Topliss-reactive ketones (excluding diaryl/α,β-unsaturated/α-hetero) is 1. The van der Waals surface area contributed by atoms with Gasteiger partial charge in [0.25, 0.3) is 11.7 Å². The second-order valence-electron chi connectivity index (χ2n) is 8.44. The van der Waals surface area contributed by atoms with Crippen molar-refractivity contribution in [1.29, 1.82) is 0 Å². The van der Waals surface area contributed by atoms with Crippen molar-refractivity contribution in [2.24, 2.45) is 5.92 Å². The molecule has 6 nitrogen and oxygen atoms in total. The van der Waals surface area contributed by atoms with Crippen LogP contribution in [0.1, 0.15) is 31.0 Å². The van der Waals surface area contributed by atoms with Crippen LogP contribution in [0.5, 0.6) is 11.5 Å². The molecule has 4 rings (SSSR count). The smallest absolute Gasteiger partial charge is 0.300 e. The summed E-state index contributed by atoms with van der Waals surface area (Å²) in [5, 5.41) is 21.5. The van der Waals surface area contributed by atoms with Gasteiger partial charge in [-0.15, -0.1) is 0 Å².